The van der Waals surface area contributed by atoms with Gasteiger partial charge in [-0.3, -0.25) is 10.2 Å². The monoisotopic (exact) mass is 332 g/mol. The van der Waals surface area contributed by atoms with Crippen molar-refractivity contribution in [3.05, 3.63) is 69.7 Å². The highest BCUT2D eigenvalue weighted by atomic mass is 35.5. The highest BCUT2D eigenvalue weighted by molar-refractivity contribution is 6.34. The van der Waals surface area contributed by atoms with Crippen LogP contribution in [0.5, 0.6) is 0 Å². The summed E-state index contributed by atoms with van der Waals surface area (Å²) in [6.45, 7) is 0. The summed E-state index contributed by atoms with van der Waals surface area (Å²) in [4.78, 5) is 12.3. The van der Waals surface area contributed by atoms with Gasteiger partial charge in [-0.2, -0.15) is 0 Å². The largest absolute Gasteiger partial charge is 0.438 e. The fourth-order valence-electron chi connectivity index (χ4n) is 2.03. The van der Waals surface area contributed by atoms with Crippen molar-refractivity contribution in [3.63, 3.8) is 0 Å². The third-order valence-electron chi connectivity index (χ3n) is 3.10. The minimum absolute atomic E-state index is 0.106. The number of hydrogen-bond donors (Lipinski definition) is 2. The molecule has 1 heterocycles. The molecule has 0 bridgehead atoms. The number of amides is 1. The zero-order chi connectivity index (χ0) is 15.7. The Morgan fingerprint density at radius 3 is 2.64 bits per heavy atom. The smallest absolute Gasteiger partial charge is 0.261 e. The Kier molecular flexibility index (Phi) is 3.88. The van der Waals surface area contributed by atoms with Crippen LogP contribution in [0, 0.1) is 5.41 Å². The van der Waals surface area contributed by atoms with Gasteiger partial charge in [0.05, 0.1) is 10.7 Å². The average Bonchev–Trinajstić information content (AvgIpc) is 2.49. The van der Waals surface area contributed by atoms with Crippen molar-refractivity contribution < 1.29 is 9.21 Å². The quantitative estimate of drug-likeness (QED) is 0.726. The molecule has 0 aliphatic rings. The van der Waals surface area contributed by atoms with Crippen LogP contribution in [0.15, 0.2) is 52.9 Å². The van der Waals surface area contributed by atoms with Crippen LogP contribution < -0.4 is 10.9 Å². The van der Waals surface area contributed by atoms with Gasteiger partial charge in [0.15, 0.2) is 0 Å². The van der Waals surface area contributed by atoms with Crippen LogP contribution in [0.1, 0.15) is 10.4 Å². The first-order valence-electron chi connectivity index (χ1n) is 6.38. The lowest BCUT2D eigenvalue weighted by molar-refractivity contribution is 0.102. The lowest BCUT2D eigenvalue weighted by atomic mass is 10.1. The number of nitrogens with one attached hydrogen (secondary N) is 2. The molecule has 0 saturated carbocycles. The second-order valence-electron chi connectivity index (χ2n) is 4.61. The van der Waals surface area contributed by atoms with Crippen molar-refractivity contribution in [2.24, 2.45) is 0 Å². The van der Waals surface area contributed by atoms with Gasteiger partial charge in [0.1, 0.15) is 11.1 Å². The van der Waals surface area contributed by atoms with E-state index in [1.165, 1.54) is 0 Å². The Hall–Kier alpha value is -2.30. The van der Waals surface area contributed by atoms with Crippen LogP contribution in [0.4, 0.5) is 5.69 Å². The summed E-state index contributed by atoms with van der Waals surface area (Å²) < 4.78 is 5.35. The number of benzene rings is 2. The van der Waals surface area contributed by atoms with Crippen LogP contribution in [-0.4, -0.2) is 5.91 Å². The molecule has 2 N–H and O–H groups in total. The highest BCUT2D eigenvalue weighted by Gasteiger charge is 2.13. The van der Waals surface area contributed by atoms with E-state index in [2.05, 4.69) is 5.32 Å². The molecule has 0 atom stereocenters. The maximum atomic E-state index is 12.3. The van der Waals surface area contributed by atoms with E-state index in [1.54, 1.807) is 48.5 Å². The second kappa shape index (κ2) is 5.83. The third-order valence-corrected chi connectivity index (χ3v) is 3.66. The normalized spacial score (nSPS) is 10.6. The van der Waals surface area contributed by atoms with Crippen LogP contribution in [0.2, 0.25) is 10.0 Å². The molecule has 3 rings (SSSR count). The average molecular weight is 333 g/mol. The first kappa shape index (κ1) is 14.6. The first-order chi connectivity index (χ1) is 10.5. The molecule has 1 aromatic heterocycles. The molecule has 0 spiro atoms. The van der Waals surface area contributed by atoms with Crippen molar-refractivity contribution in [2.45, 2.75) is 0 Å². The van der Waals surface area contributed by atoms with E-state index < -0.39 is 5.91 Å². The molecular weight excluding hydrogens is 323 g/mol. The summed E-state index contributed by atoms with van der Waals surface area (Å²) in [5.41, 5.74) is 0.845. The van der Waals surface area contributed by atoms with Gasteiger partial charge in [-0.1, -0.05) is 35.3 Å². The molecule has 0 unspecified atom stereocenters. The van der Waals surface area contributed by atoms with E-state index in [1.807, 2.05) is 0 Å². The van der Waals surface area contributed by atoms with Gasteiger partial charge in [-0.25, -0.2) is 0 Å². The number of anilines is 1. The SMILES string of the molecule is N=c1oc2ccc(Cl)cc2cc1C(=O)Nc1ccccc1Cl. The Labute approximate surface area is 135 Å². The van der Waals surface area contributed by atoms with Gasteiger partial charge < -0.3 is 9.73 Å². The van der Waals surface area contributed by atoms with E-state index in [0.717, 1.165) is 0 Å². The van der Waals surface area contributed by atoms with E-state index >= 15 is 0 Å². The number of fused-ring (bicyclic) bond motifs is 1. The van der Waals surface area contributed by atoms with Gasteiger partial charge in [0.2, 0.25) is 5.55 Å². The molecule has 0 saturated heterocycles. The van der Waals surface area contributed by atoms with Gasteiger partial charge >= 0.3 is 0 Å². The van der Waals surface area contributed by atoms with Crippen LogP contribution in [0.3, 0.4) is 0 Å². The standard InChI is InChI=1S/C16H10Cl2N2O2/c17-10-5-6-14-9(7-10)8-11(15(19)22-14)16(21)20-13-4-2-1-3-12(13)18/h1-8,19H,(H,20,21). The van der Waals surface area contributed by atoms with Crippen molar-refractivity contribution in [2.75, 3.05) is 5.32 Å². The predicted octanol–water partition coefficient (Wildman–Crippen LogP) is 4.47. The molecule has 0 aliphatic heterocycles. The zero-order valence-corrected chi connectivity index (χ0v) is 12.7. The molecule has 0 fully saturated rings. The zero-order valence-electron chi connectivity index (χ0n) is 11.2. The van der Waals surface area contributed by atoms with Crippen LogP contribution in [-0.2, 0) is 0 Å². The number of para-hydroxylation sites is 1. The Balaban J connectivity index is 2.02. The van der Waals surface area contributed by atoms with E-state index in [9.17, 15) is 4.79 Å². The van der Waals surface area contributed by atoms with E-state index in [0.29, 0.717) is 26.7 Å². The lowest BCUT2D eigenvalue weighted by Gasteiger charge is -2.07. The molecule has 22 heavy (non-hydrogen) atoms. The summed E-state index contributed by atoms with van der Waals surface area (Å²) in [5, 5.41) is 12.1. The lowest BCUT2D eigenvalue weighted by Crippen LogP contribution is -2.20. The summed E-state index contributed by atoms with van der Waals surface area (Å²) in [5.74, 6) is -0.469. The van der Waals surface area contributed by atoms with Crippen LogP contribution in [0.25, 0.3) is 11.0 Å². The van der Waals surface area contributed by atoms with Crippen molar-refractivity contribution in [1.82, 2.24) is 0 Å². The molecule has 2 aromatic carbocycles. The second-order valence-corrected chi connectivity index (χ2v) is 5.45. The molecule has 110 valence electrons. The predicted molar refractivity (Wildman–Crippen MR) is 86.5 cm³/mol. The summed E-state index contributed by atoms with van der Waals surface area (Å²) in [6.07, 6.45) is 0. The van der Waals surface area contributed by atoms with Gasteiger partial charge in [0, 0.05) is 10.4 Å². The van der Waals surface area contributed by atoms with Crippen molar-refractivity contribution in [1.29, 1.82) is 5.41 Å². The van der Waals surface area contributed by atoms with Crippen molar-refractivity contribution >= 4 is 45.8 Å². The Morgan fingerprint density at radius 2 is 1.86 bits per heavy atom. The molecule has 3 aromatic rings. The maximum Gasteiger partial charge on any atom is 0.261 e. The van der Waals surface area contributed by atoms with Crippen molar-refractivity contribution in [3.8, 4) is 0 Å². The molecule has 4 nitrogen and oxygen atoms in total. The number of hydrogen-bond acceptors (Lipinski definition) is 3. The highest BCUT2D eigenvalue weighted by Crippen LogP contribution is 2.22. The molecule has 6 heteroatoms. The molecule has 0 aliphatic carbocycles. The van der Waals surface area contributed by atoms with Gasteiger partial charge in [-0.05, 0) is 36.4 Å². The van der Waals surface area contributed by atoms with E-state index in [4.69, 9.17) is 33.0 Å². The number of halogens is 2. The third kappa shape index (κ3) is 2.84. The molecule has 1 amide bonds. The molecule has 0 radical (unpaired) electrons. The first-order valence-corrected chi connectivity index (χ1v) is 7.14. The fraction of sp³-hybridized carbons (Fsp3) is 0. The maximum absolute atomic E-state index is 12.3. The number of carbonyl (C=O) groups is 1. The van der Waals surface area contributed by atoms with Crippen LogP contribution >= 0.6 is 23.2 Å². The summed E-state index contributed by atoms with van der Waals surface area (Å²) >= 11 is 11.9. The van der Waals surface area contributed by atoms with Gasteiger partial charge in [0.25, 0.3) is 5.91 Å². The number of rotatable bonds is 2. The Bertz CT molecular complexity index is 935. The summed E-state index contributed by atoms with van der Waals surface area (Å²) in [7, 11) is 0. The molecular formula is C16H10Cl2N2O2. The Morgan fingerprint density at radius 1 is 1.09 bits per heavy atom. The minimum atomic E-state index is -0.469. The topological polar surface area (TPSA) is 66.1 Å². The number of carbonyl (C=O) groups excluding carboxylic acids is 1. The summed E-state index contributed by atoms with van der Waals surface area (Å²) in [6, 6.07) is 13.4. The minimum Gasteiger partial charge on any atom is -0.438 e. The van der Waals surface area contributed by atoms with Gasteiger partial charge in [-0.15, -0.1) is 0 Å². The fourth-order valence-corrected chi connectivity index (χ4v) is 2.40. The van der Waals surface area contributed by atoms with E-state index in [-0.39, 0.29) is 11.1 Å².